The molecule has 0 saturated carbocycles. The van der Waals surface area contributed by atoms with Crippen molar-refractivity contribution in [2.75, 3.05) is 18.0 Å². The Morgan fingerprint density at radius 2 is 2.20 bits per heavy atom. The molecule has 2 heterocycles. The molecule has 1 aliphatic heterocycles. The zero-order valence-corrected chi connectivity index (χ0v) is 11.4. The lowest BCUT2D eigenvalue weighted by atomic mass is 9.77. The highest BCUT2D eigenvalue weighted by Gasteiger charge is 2.41. The van der Waals surface area contributed by atoms with Crippen molar-refractivity contribution >= 4 is 17.7 Å². The molecule has 7 nitrogen and oxygen atoms in total. The molecule has 20 heavy (non-hydrogen) atoms. The molecule has 1 amide bonds. The van der Waals surface area contributed by atoms with Crippen molar-refractivity contribution in [3.8, 4) is 0 Å². The van der Waals surface area contributed by atoms with Gasteiger partial charge in [-0.3, -0.25) is 9.59 Å². The molecule has 1 aromatic rings. The normalized spacial score (nSPS) is 22.6. The molecule has 1 unspecified atom stereocenters. The molecule has 0 aliphatic carbocycles. The van der Waals surface area contributed by atoms with Gasteiger partial charge in [-0.1, -0.05) is 6.92 Å². The molecule has 1 fully saturated rings. The first-order chi connectivity index (χ1) is 9.48. The Bertz CT molecular complexity index is 517. The molecular formula is C13H18N4O3. The monoisotopic (exact) mass is 278 g/mol. The summed E-state index contributed by atoms with van der Waals surface area (Å²) < 4.78 is 0. The number of carbonyl (C=O) groups is 2. The van der Waals surface area contributed by atoms with Crippen molar-refractivity contribution in [3.05, 3.63) is 17.8 Å². The molecule has 0 bridgehead atoms. The summed E-state index contributed by atoms with van der Waals surface area (Å²) in [5, 5.41) is 17.2. The summed E-state index contributed by atoms with van der Waals surface area (Å²) in [4.78, 5) is 24.4. The average molecular weight is 278 g/mol. The third-order valence-corrected chi connectivity index (χ3v) is 3.93. The molecule has 0 spiro atoms. The Labute approximate surface area is 116 Å². The number of carboxylic acids is 1. The lowest BCUT2D eigenvalue weighted by Gasteiger charge is -2.39. The van der Waals surface area contributed by atoms with Crippen LogP contribution in [0.15, 0.2) is 12.1 Å². The van der Waals surface area contributed by atoms with Crippen LogP contribution in [0.4, 0.5) is 5.82 Å². The Balaban J connectivity index is 2.20. The first kappa shape index (κ1) is 14.2. The van der Waals surface area contributed by atoms with Crippen LogP contribution in [0, 0.1) is 5.41 Å². The van der Waals surface area contributed by atoms with Crippen molar-refractivity contribution in [1.29, 1.82) is 0 Å². The van der Waals surface area contributed by atoms with Gasteiger partial charge >= 0.3 is 5.97 Å². The van der Waals surface area contributed by atoms with Gasteiger partial charge in [-0.05, 0) is 31.4 Å². The number of hydrogen-bond donors (Lipinski definition) is 2. The number of carboxylic acid groups (broad SMARTS) is 1. The molecule has 2 rings (SSSR count). The number of nitrogens with two attached hydrogens (primary N) is 1. The number of amides is 1. The van der Waals surface area contributed by atoms with E-state index >= 15 is 0 Å². The highest BCUT2D eigenvalue weighted by molar-refractivity contribution is 5.90. The van der Waals surface area contributed by atoms with Gasteiger partial charge in [0.15, 0.2) is 11.5 Å². The quantitative estimate of drug-likeness (QED) is 0.837. The number of piperidine rings is 1. The van der Waals surface area contributed by atoms with Crippen molar-refractivity contribution in [2.45, 2.75) is 26.2 Å². The largest absolute Gasteiger partial charge is 0.481 e. The van der Waals surface area contributed by atoms with Crippen molar-refractivity contribution < 1.29 is 14.7 Å². The number of aliphatic carboxylic acids is 1. The molecule has 1 aliphatic rings. The Morgan fingerprint density at radius 1 is 1.45 bits per heavy atom. The van der Waals surface area contributed by atoms with E-state index in [1.807, 2.05) is 11.8 Å². The summed E-state index contributed by atoms with van der Waals surface area (Å²) in [6.45, 7) is 3.03. The van der Waals surface area contributed by atoms with E-state index in [9.17, 15) is 14.7 Å². The lowest BCUT2D eigenvalue weighted by Crippen LogP contribution is -2.48. The second-order valence-electron chi connectivity index (χ2n) is 5.11. The third-order valence-electron chi connectivity index (χ3n) is 3.93. The van der Waals surface area contributed by atoms with Crippen molar-refractivity contribution in [2.24, 2.45) is 11.1 Å². The van der Waals surface area contributed by atoms with Gasteiger partial charge in [0.25, 0.3) is 5.91 Å². The second kappa shape index (κ2) is 5.44. The van der Waals surface area contributed by atoms with E-state index in [1.54, 1.807) is 6.07 Å². The lowest BCUT2D eigenvalue weighted by molar-refractivity contribution is -0.149. The first-order valence-electron chi connectivity index (χ1n) is 6.60. The molecule has 1 aromatic heterocycles. The van der Waals surface area contributed by atoms with Gasteiger partial charge in [0.05, 0.1) is 5.41 Å². The topological polar surface area (TPSA) is 109 Å². The molecule has 3 N–H and O–H groups in total. The minimum Gasteiger partial charge on any atom is -0.481 e. The van der Waals surface area contributed by atoms with Gasteiger partial charge in [-0.15, -0.1) is 10.2 Å². The maximum atomic E-state index is 11.5. The Morgan fingerprint density at radius 3 is 2.70 bits per heavy atom. The van der Waals surface area contributed by atoms with Gasteiger partial charge in [0.1, 0.15) is 0 Å². The van der Waals surface area contributed by atoms with Gasteiger partial charge in [0.2, 0.25) is 0 Å². The highest BCUT2D eigenvalue weighted by atomic mass is 16.4. The molecule has 1 saturated heterocycles. The summed E-state index contributed by atoms with van der Waals surface area (Å²) in [5.74, 6) is -0.823. The summed E-state index contributed by atoms with van der Waals surface area (Å²) in [6, 6.07) is 3.16. The minimum absolute atomic E-state index is 0.103. The summed E-state index contributed by atoms with van der Waals surface area (Å²) >= 11 is 0. The minimum atomic E-state index is -0.772. The van der Waals surface area contributed by atoms with Crippen LogP contribution in [-0.4, -0.2) is 40.3 Å². The predicted octanol–water partition coefficient (Wildman–Crippen LogP) is 0.657. The zero-order chi connectivity index (χ0) is 14.8. The summed E-state index contributed by atoms with van der Waals surface area (Å²) in [7, 11) is 0. The van der Waals surface area contributed by atoms with E-state index < -0.39 is 17.3 Å². The van der Waals surface area contributed by atoms with Gasteiger partial charge in [0, 0.05) is 13.1 Å². The standard InChI is InChI=1S/C13H18N4O3/c1-2-13(12(19)20)6-3-7-17(8-13)10-5-4-9(11(14)18)15-16-10/h4-5H,2-3,6-8H2,1H3,(H2,14,18)(H,19,20). The van der Waals surface area contributed by atoms with Crippen LogP contribution in [0.5, 0.6) is 0 Å². The van der Waals surface area contributed by atoms with E-state index in [1.165, 1.54) is 6.07 Å². The summed E-state index contributed by atoms with van der Waals surface area (Å²) in [6.07, 6.45) is 2.03. The fraction of sp³-hybridized carbons (Fsp3) is 0.538. The maximum absolute atomic E-state index is 11.5. The highest BCUT2D eigenvalue weighted by Crippen LogP contribution is 2.35. The molecule has 0 aromatic carbocycles. The predicted molar refractivity (Wildman–Crippen MR) is 72.4 cm³/mol. The molecule has 7 heteroatoms. The van der Waals surface area contributed by atoms with E-state index in [0.29, 0.717) is 25.2 Å². The van der Waals surface area contributed by atoms with E-state index in [-0.39, 0.29) is 5.69 Å². The van der Waals surface area contributed by atoms with E-state index in [2.05, 4.69) is 10.2 Å². The SMILES string of the molecule is CCC1(C(=O)O)CCCN(c2ccc(C(N)=O)nn2)C1. The Kier molecular flexibility index (Phi) is 3.87. The number of hydrogen-bond acceptors (Lipinski definition) is 5. The van der Waals surface area contributed by atoms with Gasteiger partial charge < -0.3 is 15.7 Å². The van der Waals surface area contributed by atoms with Gasteiger partial charge in [-0.25, -0.2) is 0 Å². The average Bonchev–Trinajstić information content (AvgIpc) is 2.47. The fourth-order valence-corrected chi connectivity index (χ4v) is 2.57. The summed E-state index contributed by atoms with van der Waals surface area (Å²) in [5.41, 5.74) is 4.48. The number of carbonyl (C=O) groups excluding carboxylic acids is 1. The first-order valence-corrected chi connectivity index (χ1v) is 6.60. The van der Waals surface area contributed by atoms with E-state index in [0.717, 1.165) is 13.0 Å². The van der Waals surface area contributed by atoms with Crippen LogP contribution >= 0.6 is 0 Å². The number of primary amides is 1. The van der Waals surface area contributed by atoms with E-state index in [4.69, 9.17) is 5.73 Å². The Hall–Kier alpha value is -2.18. The van der Waals surface area contributed by atoms with Crippen LogP contribution in [0.1, 0.15) is 36.7 Å². The smallest absolute Gasteiger partial charge is 0.311 e. The van der Waals surface area contributed by atoms with Crippen molar-refractivity contribution in [3.63, 3.8) is 0 Å². The fourth-order valence-electron chi connectivity index (χ4n) is 2.57. The van der Waals surface area contributed by atoms with Crippen LogP contribution in [-0.2, 0) is 4.79 Å². The number of anilines is 1. The van der Waals surface area contributed by atoms with Crippen LogP contribution < -0.4 is 10.6 Å². The number of rotatable bonds is 4. The van der Waals surface area contributed by atoms with Crippen LogP contribution in [0.3, 0.4) is 0 Å². The van der Waals surface area contributed by atoms with Gasteiger partial charge in [-0.2, -0.15) is 0 Å². The van der Waals surface area contributed by atoms with Crippen molar-refractivity contribution in [1.82, 2.24) is 10.2 Å². The molecule has 108 valence electrons. The maximum Gasteiger partial charge on any atom is 0.311 e. The third kappa shape index (κ3) is 2.56. The molecule has 0 radical (unpaired) electrons. The zero-order valence-electron chi connectivity index (χ0n) is 11.4. The molecular weight excluding hydrogens is 260 g/mol. The van der Waals surface area contributed by atoms with Crippen LogP contribution in [0.25, 0.3) is 0 Å². The number of nitrogens with zero attached hydrogens (tertiary/aromatic N) is 3. The van der Waals surface area contributed by atoms with Crippen LogP contribution in [0.2, 0.25) is 0 Å². The molecule has 1 atom stereocenters. The number of aromatic nitrogens is 2. The second-order valence-corrected chi connectivity index (χ2v) is 5.11.